The Hall–Kier alpha value is -4.01. The Morgan fingerprint density at radius 2 is 2.07 bits per heavy atom. The maximum atomic E-state index is 13.8. The highest BCUT2D eigenvalue weighted by Crippen LogP contribution is 2.37. The van der Waals surface area contributed by atoms with Gasteiger partial charge in [0.2, 0.25) is 0 Å². The first-order valence-electron chi connectivity index (χ1n) is 15.6. The first kappa shape index (κ1) is 31.0. The maximum absolute atomic E-state index is 13.8. The average molecular weight is 633 g/mol. The van der Waals surface area contributed by atoms with Crippen LogP contribution in [0.1, 0.15) is 36.9 Å². The van der Waals surface area contributed by atoms with Crippen molar-refractivity contribution in [2.75, 3.05) is 62.7 Å². The number of amides is 1. The predicted molar refractivity (Wildman–Crippen MR) is 172 cm³/mol. The molecule has 3 aliphatic rings. The topological polar surface area (TPSA) is 102 Å². The van der Waals surface area contributed by atoms with Crippen molar-refractivity contribution in [2.45, 2.75) is 44.7 Å². The molecule has 12 heteroatoms. The molecule has 236 valence electrons. The molecular weight excluding hydrogens is 595 g/mol. The van der Waals surface area contributed by atoms with Crippen LogP contribution in [-0.4, -0.2) is 89.6 Å². The normalized spacial score (nSPS) is 18.5. The molecule has 45 heavy (non-hydrogen) atoms. The van der Waals surface area contributed by atoms with Gasteiger partial charge in [-0.25, -0.2) is 4.39 Å². The van der Waals surface area contributed by atoms with E-state index in [0.29, 0.717) is 50.2 Å². The van der Waals surface area contributed by atoms with Crippen LogP contribution in [0.2, 0.25) is 5.02 Å². The van der Waals surface area contributed by atoms with Crippen LogP contribution in [-0.2, 0) is 17.8 Å². The van der Waals surface area contributed by atoms with Gasteiger partial charge in [0.15, 0.2) is 5.83 Å². The van der Waals surface area contributed by atoms with Gasteiger partial charge in [0.05, 0.1) is 47.7 Å². The largest absolute Gasteiger partial charge is 0.462 e. The summed E-state index contributed by atoms with van der Waals surface area (Å²) in [5, 5.41) is 12.1. The second-order valence-electron chi connectivity index (χ2n) is 12.2. The van der Waals surface area contributed by atoms with E-state index in [1.807, 2.05) is 30.6 Å². The van der Waals surface area contributed by atoms with Gasteiger partial charge in [0, 0.05) is 61.8 Å². The lowest BCUT2D eigenvalue weighted by molar-refractivity contribution is -0.131. The molecule has 1 saturated heterocycles. The summed E-state index contributed by atoms with van der Waals surface area (Å²) >= 11 is 6.66. The summed E-state index contributed by atoms with van der Waals surface area (Å²) in [6.45, 7) is 7.68. The van der Waals surface area contributed by atoms with Gasteiger partial charge in [-0.15, -0.1) is 0 Å². The third kappa shape index (κ3) is 6.67. The Morgan fingerprint density at radius 1 is 1.22 bits per heavy atom. The molecule has 0 N–H and O–H groups in total. The van der Waals surface area contributed by atoms with Crippen LogP contribution < -0.4 is 14.5 Å². The molecule has 2 aromatic heterocycles. The fourth-order valence-corrected chi connectivity index (χ4v) is 6.86. The van der Waals surface area contributed by atoms with E-state index in [2.05, 4.69) is 39.4 Å². The van der Waals surface area contributed by atoms with Crippen molar-refractivity contribution in [1.82, 2.24) is 24.8 Å². The molecule has 10 nitrogen and oxygen atoms in total. The molecule has 0 unspecified atom stereocenters. The van der Waals surface area contributed by atoms with Gasteiger partial charge >= 0.3 is 6.01 Å². The Bertz CT molecular complexity index is 1620. The zero-order valence-corrected chi connectivity index (χ0v) is 26.3. The number of nitriles is 1. The number of nitrogens with zero attached hydrogens (tertiary/aromatic N) is 8. The molecule has 6 rings (SSSR count). The van der Waals surface area contributed by atoms with Gasteiger partial charge in [0.25, 0.3) is 5.91 Å². The number of carbonyl (C=O) groups excluding carboxylic acids is 1. The molecule has 2 aliphatic heterocycles. The zero-order valence-electron chi connectivity index (χ0n) is 25.6. The minimum atomic E-state index is -1.02. The number of carbonyl (C=O) groups is 1. The first-order valence-corrected chi connectivity index (χ1v) is 16.0. The standard InChI is InChI=1S/C33H38ClFN8O2/c1-22(35)32(44)43-14-13-42(20-25(43)9-11-36)31-26-10-12-41(29-18-37-17-24-7-4-8-27(34)30(24)29)21-28(26)38-33(39-31)45-16-15-40(2)19-23-5-3-6-23/h4,7-8,17-18,23,25H,1,3,5-6,9-10,12-16,19-21H2,2H3/t25-/m0/s1. The summed E-state index contributed by atoms with van der Waals surface area (Å²) in [6.07, 6.45) is 8.30. The predicted octanol–water partition coefficient (Wildman–Crippen LogP) is 4.77. The number of halogens is 2. The van der Waals surface area contributed by atoms with Crippen LogP contribution in [0.15, 0.2) is 43.0 Å². The number of anilines is 2. The van der Waals surface area contributed by atoms with Crippen LogP contribution >= 0.6 is 11.6 Å². The van der Waals surface area contributed by atoms with Crippen LogP contribution in [0.4, 0.5) is 15.9 Å². The molecular formula is C33H38ClFN8O2. The number of rotatable bonds is 10. The second kappa shape index (κ2) is 13.5. The first-order chi connectivity index (χ1) is 21.8. The maximum Gasteiger partial charge on any atom is 0.318 e. The van der Waals surface area contributed by atoms with Gasteiger partial charge in [-0.1, -0.05) is 36.7 Å². The molecule has 1 saturated carbocycles. The fraction of sp³-hybridized carbons (Fsp3) is 0.485. The summed E-state index contributed by atoms with van der Waals surface area (Å²) in [5.74, 6) is -0.286. The van der Waals surface area contributed by atoms with Gasteiger partial charge in [-0.3, -0.25) is 9.78 Å². The van der Waals surface area contributed by atoms with E-state index in [9.17, 15) is 14.4 Å². The van der Waals surface area contributed by atoms with Gasteiger partial charge in [-0.05, 0) is 38.3 Å². The number of likely N-dealkylation sites (N-methyl/N-ethyl adjacent to an activating group) is 1. The molecule has 0 spiro atoms. The van der Waals surface area contributed by atoms with Crippen molar-refractivity contribution in [1.29, 1.82) is 5.26 Å². The lowest BCUT2D eigenvalue weighted by Gasteiger charge is -2.42. The van der Waals surface area contributed by atoms with E-state index in [-0.39, 0.29) is 13.0 Å². The SMILES string of the molecule is C=C(F)C(=O)N1CCN(c2nc(OCCN(C)CC3CCC3)nc3c2CCN(c2cncc4cccc(Cl)c24)C3)C[C@@H]1CC#N. The lowest BCUT2D eigenvalue weighted by Crippen LogP contribution is -2.55. The molecule has 3 aromatic rings. The molecule has 1 atom stereocenters. The van der Waals surface area contributed by atoms with Crippen molar-refractivity contribution in [3.05, 3.63) is 59.3 Å². The Labute approximate surface area is 268 Å². The highest BCUT2D eigenvalue weighted by molar-refractivity contribution is 6.36. The molecule has 1 amide bonds. The van der Waals surface area contributed by atoms with Crippen molar-refractivity contribution < 1.29 is 13.9 Å². The lowest BCUT2D eigenvalue weighted by atomic mass is 9.85. The molecule has 1 aromatic carbocycles. The monoisotopic (exact) mass is 632 g/mol. The average Bonchev–Trinajstić information content (AvgIpc) is 3.02. The number of aromatic nitrogens is 3. The van der Waals surface area contributed by atoms with Crippen LogP contribution in [0.3, 0.4) is 0 Å². The van der Waals surface area contributed by atoms with Crippen molar-refractivity contribution in [3.8, 4) is 12.1 Å². The van der Waals surface area contributed by atoms with E-state index < -0.39 is 17.8 Å². The minimum absolute atomic E-state index is 0.0715. The number of piperazine rings is 1. The van der Waals surface area contributed by atoms with Crippen molar-refractivity contribution >= 4 is 39.8 Å². The number of fused-ring (bicyclic) bond motifs is 2. The Balaban J connectivity index is 1.28. The van der Waals surface area contributed by atoms with E-state index in [0.717, 1.165) is 52.5 Å². The number of ether oxygens (including phenoxy) is 1. The summed E-state index contributed by atoms with van der Waals surface area (Å²) < 4.78 is 20.0. The van der Waals surface area contributed by atoms with Crippen LogP contribution in [0, 0.1) is 17.2 Å². The minimum Gasteiger partial charge on any atom is -0.462 e. The summed E-state index contributed by atoms with van der Waals surface area (Å²) in [7, 11) is 2.12. The highest BCUT2D eigenvalue weighted by atomic mass is 35.5. The van der Waals surface area contributed by atoms with E-state index in [4.69, 9.17) is 26.3 Å². The number of pyridine rings is 1. The zero-order chi connectivity index (χ0) is 31.5. The quantitative estimate of drug-likeness (QED) is 0.293. The fourth-order valence-electron chi connectivity index (χ4n) is 6.58. The number of hydrogen-bond donors (Lipinski definition) is 0. The summed E-state index contributed by atoms with van der Waals surface area (Å²) in [4.78, 5) is 34.8. The Kier molecular flexibility index (Phi) is 9.33. The second-order valence-corrected chi connectivity index (χ2v) is 12.6. The third-order valence-corrected chi connectivity index (χ3v) is 9.49. The van der Waals surface area contributed by atoms with Crippen LogP contribution in [0.5, 0.6) is 6.01 Å². The van der Waals surface area contributed by atoms with Crippen LogP contribution in [0.25, 0.3) is 10.8 Å². The smallest absolute Gasteiger partial charge is 0.318 e. The highest BCUT2D eigenvalue weighted by Gasteiger charge is 2.35. The Morgan fingerprint density at radius 3 is 2.82 bits per heavy atom. The van der Waals surface area contributed by atoms with Gasteiger partial charge in [-0.2, -0.15) is 15.2 Å². The molecule has 0 bridgehead atoms. The molecule has 1 aliphatic carbocycles. The van der Waals surface area contributed by atoms with Crippen molar-refractivity contribution in [2.24, 2.45) is 5.92 Å². The van der Waals surface area contributed by atoms with Crippen molar-refractivity contribution in [3.63, 3.8) is 0 Å². The van der Waals surface area contributed by atoms with E-state index >= 15 is 0 Å². The molecule has 0 radical (unpaired) electrons. The molecule has 2 fully saturated rings. The third-order valence-electron chi connectivity index (χ3n) is 9.18. The van der Waals surface area contributed by atoms with E-state index in [1.54, 1.807) is 0 Å². The van der Waals surface area contributed by atoms with E-state index in [1.165, 1.54) is 24.2 Å². The van der Waals surface area contributed by atoms with Gasteiger partial charge in [0.1, 0.15) is 12.4 Å². The molecule has 4 heterocycles. The van der Waals surface area contributed by atoms with Gasteiger partial charge < -0.3 is 24.3 Å². The number of hydrogen-bond acceptors (Lipinski definition) is 9. The summed E-state index contributed by atoms with van der Waals surface area (Å²) in [5.41, 5.74) is 2.79. The summed E-state index contributed by atoms with van der Waals surface area (Å²) in [6, 6.07) is 7.76. The number of benzene rings is 1.